The molecule has 2 heterocycles. The van der Waals surface area contributed by atoms with Crippen LogP contribution in [0.1, 0.15) is 30.0 Å². The number of halogens is 2. The summed E-state index contributed by atoms with van der Waals surface area (Å²) in [4.78, 5) is 16.9. The van der Waals surface area contributed by atoms with Crippen LogP contribution in [0.3, 0.4) is 0 Å². The van der Waals surface area contributed by atoms with Gasteiger partial charge in [0.25, 0.3) is 0 Å². The quantitative estimate of drug-likeness (QED) is 0.680. The number of nitrogens with zero attached hydrogens (tertiary/aromatic N) is 2. The van der Waals surface area contributed by atoms with Crippen LogP contribution in [0.15, 0.2) is 46.9 Å². The largest absolute Gasteiger partial charge is 0.325 e. The van der Waals surface area contributed by atoms with Crippen LogP contribution in [0.4, 0.5) is 14.9 Å². The molecule has 24 heavy (non-hydrogen) atoms. The highest BCUT2D eigenvalue weighted by Gasteiger charge is 2.35. The van der Waals surface area contributed by atoms with Crippen molar-refractivity contribution in [2.24, 2.45) is 0 Å². The second kappa shape index (κ2) is 6.20. The topological polar surface area (TPSA) is 23.6 Å². The van der Waals surface area contributed by atoms with Crippen molar-refractivity contribution in [2.45, 2.75) is 25.3 Å². The van der Waals surface area contributed by atoms with Gasteiger partial charge in [0, 0.05) is 23.2 Å². The molecule has 0 N–H and O–H groups in total. The Morgan fingerprint density at radius 2 is 2.04 bits per heavy atom. The third kappa shape index (κ3) is 2.71. The second-order valence-corrected chi connectivity index (χ2v) is 7.28. The van der Waals surface area contributed by atoms with Gasteiger partial charge in [-0.3, -0.25) is 4.90 Å². The molecule has 1 unspecified atom stereocenters. The van der Waals surface area contributed by atoms with E-state index in [1.807, 2.05) is 28.0 Å². The van der Waals surface area contributed by atoms with Gasteiger partial charge in [-0.1, -0.05) is 34.1 Å². The highest BCUT2D eigenvalue weighted by Crippen LogP contribution is 2.37. The molecular weight excluding hydrogens is 371 g/mol. The third-order valence-corrected chi connectivity index (χ3v) is 5.40. The van der Waals surface area contributed by atoms with Gasteiger partial charge in [-0.25, -0.2) is 9.18 Å². The Kier molecular flexibility index (Phi) is 4.04. The van der Waals surface area contributed by atoms with Crippen LogP contribution in [0.25, 0.3) is 0 Å². The van der Waals surface area contributed by atoms with Crippen molar-refractivity contribution in [1.29, 1.82) is 0 Å². The average Bonchev–Trinajstić information content (AvgIpc) is 3.21. The molecule has 2 aromatic carbocycles. The summed E-state index contributed by atoms with van der Waals surface area (Å²) in [5.41, 5.74) is 3.07. The zero-order valence-electron chi connectivity index (χ0n) is 13.2. The lowest BCUT2D eigenvalue weighted by molar-refractivity contribution is 0.200. The molecule has 124 valence electrons. The summed E-state index contributed by atoms with van der Waals surface area (Å²) in [5, 5.41) is 0. The number of hydrogen-bond acceptors (Lipinski definition) is 1. The van der Waals surface area contributed by atoms with Crippen molar-refractivity contribution in [3.63, 3.8) is 0 Å². The van der Waals surface area contributed by atoms with E-state index in [2.05, 4.69) is 22.0 Å². The van der Waals surface area contributed by atoms with E-state index in [1.165, 1.54) is 11.6 Å². The van der Waals surface area contributed by atoms with Crippen LogP contribution in [0, 0.1) is 5.82 Å². The Bertz CT molecular complexity index is 795. The first-order chi connectivity index (χ1) is 11.6. The summed E-state index contributed by atoms with van der Waals surface area (Å²) >= 11 is 3.49. The molecule has 0 radical (unpaired) electrons. The van der Waals surface area contributed by atoms with E-state index in [-0.39, 0.29) is 17.9 Å². The average molecular weight is 389 g/mol. The van der Waals surface area contributed by atoms with Gasteiger partial charge < -0.3 is 4.90 Å². The van der Waals surface area contributed by atoms with Crippen LogP contribution >= 0.6 is 15.9 Å². The highest BCUT2D eigenvalue weighted by molar-refractivity contribution is 9.10. The van der Waals surface area contributed by atoms with Gasteiger partial charge >= 0.3 is 6.03 Å². The van der Waals surface area contributed by atoms with Gasteiger partial charge in [-0.05, 0) is 54.7 Å². The van der Waals surface area contributed by atoms with E-state index in [0.717, 1.165) is 41.5 Å². The van der Waals surface area contributed by atoms with Gasteiger partial charge in [0.2, 0.25) is 0 Å². The fourth-order valence-corrected chi connectivity index (χ4v) is 4.11. The zero-order chi connectivity index (χ0) is 16.7. The van der Waals surface area contributed by atoms with Crippen molar-refractivity contribution in [1.82, 2.24) is 4.90 Å². The molecule has 1 saturated heterocycles. The number of likely N-dealkylation sites (tertiary alicyclic amines) is 1. The first-order valence-corrected chi connectivity index (χ1v) is 9.05. The number of urea groups is 1. The van der Waals surface area contributed by atoms with Crippen LogP contribution < -0.4 is 4.90 Å². The van der Waals surface area contributed by atoms with Crippen LogP contribution in [0.5, 0.6) is 0 Å². The molecule has 0 saturated carbocycles. The van der Waals surface area contributed by atoms with E-state index in [1.54, 1.807) is 12.1 Å². The maximum atomic E-state index is 13.6. The number of anilines is 1. The predicted octanol–water partition coefficient (Wildman–Crippen LogP) is 4.91. The summed E-state index contributed by atoms with van der Waals surface area (Å²) in [6.07, 6.45) is 2.72. The molecule has 2 aliphatic heterocycles. The second-order valence-electron chi connectivity index (χ2n) is 6.36. The number of carbonyl (C=O) groups excluding carboxylic acids is 1. The molecular formula is C19H18BrFN2O. The molecule has 4 rings (SSSR count). The maximum absolute atomic E-state index is 13.6. The molecule has 3 nitrogen and oxygen atoms in total. The minimum absolute atomic E-state index is 0.0265. The number of amides is 2. The Hall–Kier alpha value is -1.88. The number of rotatable bonds is 1. The Balaban J connectivity index is 1.62. The Labute approximate surface area is 149 Å². The minimum atomic E-state index is -0.248. The van der Waals surface area contributed by atoms with Gasteiger partial charge in [0.1, 0.15) is 5.82 Å². The van der Waals surface area contributed by atoms with E-state index in [9.17, 15) is 9.18 Å². The van der Waals surface area contributed by atoms with Gasteiger partial charge in [0.15, 0.2) is 0 Å². The standard InChI is InChI=1S/C19H18BrFN2O/c20-15-7-6-13-8-10-23(18(13)12-15)19(24)22-9-2-5-17(22)14-3-1-4-16(21)11-14/h1,3-4,6-7,11-12,17H,2,5,8-10H2. The van der Waals surface area contributed by atoms with Crippen LogP contribution in [-0.2, 0) is 6.42 Å². The van der Waals surface area contributed by atoms with E-state index in [4.69, 9.17) is 0 Å². The molecule has 5 heteroatoms. The van der Waals surface area contributed by atoms with Crippen molar-refractivity contribution in [3.05, 3.63) is 63.9 Å². The molecule has 0 spiro atoms. The van der Waals surface area contributed by atoms with Gasteiger partial charge in [0.05, 0.1) is 6.04 Å². The van der Waals surface area contributed by atoms with Crippen molar-refractivity contribution in [2.75, 3.05) is 18.0 Å². The lowest BCUT2D eigenvalue weighted by atomic mass is 10.0. The Morgan fingerprint density at radius 3 is 2.88 bits per heavy atom. The SMILES string of the molecule is O=C(N1CCc2ccc(Br)cc21)N1CCCC1c1cccc(F)c1. The summed E-state index contributed by atoms with van der Waals surface area (Å²) < 4.78 is 14.5. The molecule has 2 amide bonds. The summed E-state index contributed by atoms with van der Waals surface area (Å²) in [6.45, 7) is 1.43. The summed E-state index contributed by atoms with van der Waals surface area (Å²) in [7, 11) is 0. The number of fused-ring (bicyclic) bond motifs is 1. The number of benzene rings is 2. The summed E-state index contributed by atoms with van der Waals surface area (Å²) in [5.74, 6) is -0.248. The minimum Gasteiger partial charge on any atom is -0.317 e. The molecule has 2 aromatic rings. The fraction of sp³-hybridized carbons (Fsp3) is 0.316. The lowest BCUT2D eigenvalue weighted by Crippen LogP contribution is -2.42. The van der Waals surface area contributed by atoms with Crippen LogP contribution in [0.2, 0.25) is 0 Å². The van der Waals surface area contributed by atoms with Crippen LogP contribution in [-0.4, -0.2) is 24.0 Å². The van der Waals surface area contributed by atoms with Gasteiger partial charge in [-0.2, -0.15) is 0 Å². The van der Waals surface area contributed by atoms with Crippen molar-refractivity contribution in [3.8, 4) is 0 Å². The zero-order valence-corrected chi connectivity index (χ0v) is 14.8. The highest BCUT2D eigenvalue weighted by atomic mass is 79.9. The molecule has 0 bridgehead atoms. The Morgan fingerprint density at radius 1 is 1.17 bits per heavy atom. The molecule has 0 aliphatic carbocycles. The molecule has 0 aromatic heterocycles. The number of hydrogen-bond donors (Lipinski definition) is 0. The van der Waals surface area contributed by atoms with E-state index < -0.39 is 0 Å². The van der Waals surface area contributed by atoms with Gasteiger partial charge in [-0.15, -0.1) is 0 Å². The predicted molar refractivity (Wildman–Crippen MR) is 95.7 cm³/mol. The summed E-state index contributed by atoms with van der Waals surface area (Å²) in [6, 6.07) is 12.7. The monoisotopic (exact) mass is 388 g/mol. The smallest absolute Gasteiger partial charge is 0.317 e. The first kappa shape index (κ1) is 15.6. The van der Waals surface area contributed by atoms with E-state index >= 15 is 0 Å². The molecule has 1 atom stereocenters. The fourth-order valence-electron chi connectivity index (χ4n) is 3.76. The van der Waals surface area contributed by atoms with Crippen molar-refractivity contribution < 1.29 is 9.18 Å². The van der Waals surface area contributed by atoms with Crippen molar-refractivity contribution >= 4 is 27.6 Å². The number of carbonyl (C=O) groups is 1. The molecule has 2 aliphatic rings. The normalized spacial score (nSPS) is 19.7. The third-order valence-electron chi connectivity index (χ3n) is 4.91. The lowest BCUT2D eigenvalue weighted by Gasteiger charge is -2.30. The molecule has 1 fully saturated rings. The first-order valence-electron chi connectivity index (χ1n) is 8.25. The van der Waals surface area contributed by atoms with E-state index in [0.29, 0.717) is 6.54 Å². The maximum Gasteiger partial charge on any atom is 0.325 e.